The lowest BCUT2D eigenvalue weighted by Gasteiger charge is -2.13. The molecule has 9 nitrogen and oxygen atoms in total. The average Bonchev–Trinajstić information content (AvgIpc) is 3.40. The van der Waals surface area contributed by atoms with Crippen molar-refractivity contribution in [2.75, 3.05) is 17.4 Å². The molecule has 1 aliphatic heterocycles. The molecule has 10 heteroatoms. The maximum absolute atomic E-state index is 12.7. The smallest absolute Gasteiger partial charge is 0.237 e. The minimum absolute atomic E-state index is 0.0913. The van der Waals surface area contributed by atoms with Crippen molar-refractivity contribution in [1.29, 1.82) is 0 Å². The van der Waals surface area contributed by atoms with Crippen LogP contribution in [0.4, 0.5) is 11.4 Å². The van der Waals surface area contributed by atoms with E-state index in [2.05, 4.69) is 20.8 Å². The van der Waals surface area contributed by atoms with Gasteiger partial charge in [0.25, 0.3) is 0 Å². The normalized spacial score (nSPS) is 12.9. The third-order valence-corrected chi connectivity index (χ3v) is 5.86. The van der Waals surface area contributed by atoms with E-state index in [1.54, 1.807) is 25.1 Å². The summed E-state index contributed by atoms with van der Waals surface area (Å²) in [4.78, 5) is 25.1. The molecule has 3 aromatic rings. The molecule has 4 rings (SSSR count). The van der Waals surface area contributed by atoms with Crippen LogP contribution < -0.4 is 20.1 Å². The Balaban J connectivity index is 1.37. The highest BCUT2D eigenvalue weighted by molar-refractivity contribution is 8.00. The van der Waals surface area contributed by atoms with Gasteiger partial charge in [-0.1, -0.05) is 30.0 Å². The lowest BCUT2D eigenvalue weighted by atomic mass is 10.2. The topological polar surface area (TPSA) is 107 Å². The molecule has 0 aliphatic carbocycles. The van der Waals surface area contributed by atoms with E-state index in [0.717, 1.165) is 5.69 Å². The van der Waals surface area contributed by atoms with Gasteiger partial charge in [-0.2, -0.15) is 0 Å². The zero-order chi connectivity index (χ0) is 22.5. The summed E-state index contributed by atoms with van der Waals surface area (Å²) in [5.41, 5.74) is 1.35. The fourth-order valence-electron chi connectivity index (χ4n) is 3.15. The third-order valence-electron chi connectivity index (χ3n) is 4.78. The highest BCUT2D eigenvalue weighted by Crippen LogP contribution is 2.34. The summed E-state index contributed by atoms with van der Waals surface area (Å²) in [6.07, 6.45) is 0.0913. The predicted molar refractivity (Wildman–Crippen MR) is 121 cm³/mol. The monoisotopic (exact) mass is 453 g/mol. The molecule has 0 spiro atoms. The van der Waals surface area contributed by atoms with Crippen molar-refractivity contribution in [3.8, 4) is 11.5 Å². The lowest BCUT2D eigenvalue weighted by molar-refractivity contribution is -0.116. The van der Waals surface area contributed by atoms with Crippen LogP contribution in [0.25, 0.3) is 0 Å². The fourth-order valence-corrected chi connectivity index (χ4v) is 4.09. The summed E-state index contributed by atoms with van der Waals surface area (Å²) in [6.45, 7) is 4.50. The van der Waals surface area contributed by atoms with E-state index in [4.69, 9.17) is 9.47 Å². The van der Waals surface area contributed by atoms with Crippen LogP contribution in [0, 0.1) is 0 Å². The van der Waals surface area contributed by atoms with Crippen LogP contribution in [-0.2, 0) is 22.6 Å². The largest absolute Gasteiger partial charge is 0.454 e. The number of benzene rings is 2. The maximum Gasteiger partial charge on any atom is 0.237 e. The highest BCUT2D eigenvalue weighted by Gasteiger charge is 2.22. The number of thioether (sulfide) groups is 1. The minimum atomic E-state index is -0.430. The first-order valence-corrected chi connectivity index (χ1v) is 11.1. The van der Waals surface area contributed by atoms with E-state index in [1.165, 1.54) is 11.8 Å². The number of fused-ring (bicyclic) bond motifs is 1. The summed E-state index contributed by atoms with van der Waals surface area (Å²) in [5, 5.41) is 14.3. The van der Waals surface area contributed by atoms with Gasteiger partial charge in [0.2, 0.25) is 18.6 Å². The van der Waals surface area contributed by atoms with E-state index in [-0.39, 0.29) is 25.0 Å². The van der Waals surface area contributed by atoms with Crippen LogP contribution in [0.5, 0.6) is 11.5 Å². The number of rotatable bonds is 8. The second-order valence-corrected chi connectivity index (χ2v) is 8.36. The molecule has 0 saturated heterocycles. The van der Waals surface area contributed by atoms with E-state index in [1.807, 2.05) is 41.8 Å². The molecule has 1 aliphatic rings. The molecule has 0 fully saturated rings. The van der Waals surface area contributed by atoms with Crippen molar-refractivity contribution in [2.24, 2.45) is 0 Å². The van der Waals surface area contributed by atoms with Gasteiger partial charge in [0.1, 0.15) is 5.82 Å². The summed E-state index contributed by atoms with van der Waals surface area (Å²) in [5.74, 6) is 1.45. The average molecular weight is 454 g/mol. The molecule has 2 N–H and O–H groups in total. The number of hydrogen-bond donors (Lipinski definition) is 2. The van der Waals surface area contributed by atoms with Gasteiger partial charge < -0.3 is 24.7 Å². The Bertz CT molecular complexity index is 1120. The standard InChI is InChI=1S/C22H23N5O4S/c1-3-27-19(12-20(28)23-15-7-5-4-6-8-15)25-26-22(27)32-14(2)21(29)24-16-9-10-17-18(11-16)31-13-30-17/h4-11,14H,3,12-13H2,1-2H3,(H,23,28)(H,24,29). The number of carbonyl (C=O) groups excluding carboxylic acids is 2. The molecule has 0 saturated carbocycles. The molecule has 2 aromatic carbocycles. The van der Waals surface area contributed by atoms with Crippen LogP contribution in [-0.4, -0.2) is 38.6 Å². The first kappa shape index (κ1) is 21.7. The van der Waals surface area contributed by atoms with Crippen molar-refractivity contribution in [3.05, 3.63) is 54.4 Å². The Kier molecular flexibility index (Phi) is 6.60. The molecule has 1 atom stereocenters. The summed E-state index contributed by atoms with van der Waals surface area (Å²) in [6, 6.07) is 14.5. The van der Waals surface area contributed by atoms with Crippen molar-refractivity contribution in [1.82, 2.24) is 14.8 Å². The number of nitrogens with zero attached hydrogens (tertiary/aromatic N) is 3. The van der Waals surface area contributed by atoms with Gasteiger partial charge in [0, 0.05) is 24.0 Å². The first-order valence-electron chi connectivity index (χ1n) is 10.2. The van der Waals surface area contributed by atoms with Crippen molar-refractivity contribution < 1.29 is 19.1 Å². The molecule has 0 bridgehead atoms. The highest BCUT2D eigenvalue weighted by atomic mass is 32.2. The Morgan fingerprint density at radius 3 is 2.62 bits per heavy atom. The van der Waals surface area contributed by atoms with Gasteiger partial charge >= 0.3 is 0 Å². The number of carbonyl (C=O) groups is 2. The third kappa shape index (κ3) is 5.02. The Hall–Kier alpha value is -3.53. The van der Waals surface area contributed by atoms with E-state index in [0.29, 0.717) is 34.7 Å². The minimum Gasteiger partial charge on any atom is -0.454 e. The van der Waals surface area contributed by atoms with Crippen LogP contribution in [0.1, 0.15) is 19.7 Å². The number of aromatic nitrogens is 3. The van der Waals surface area contributed by atoms with Crippen molar-refractivity contribution >= 4 is 35.0 Å². The Morgan fingerprint density at radius 1 is 1.06 bits per heavy atom. The second kappa shape index (κ2) is 9.73. The van der Waals surface area contributed by atoms with Gasteiger partial charge in [0.05, 0.1) is 11.7 Å². The van der Waals surface area contributed by atoms with Gasteiger partial charge in [-0.15, -0.1) is 10.2 Å². The van der Waals surface area contributed by atoms with Crippen LogP contribution in [0.3, 0.4) is 0 Å². The first-order chi connectivity index (χ1) is 15.5. The molecule has 0 radical (unpaired) electrons. The summed E-state index contributed by atoms with van der Waals surface area (Å²) in [7, 11) is 0. The molecule has 1 unspecified atom stereocenters. The lowest BCUT2D eigenvalue weighted by Crippen LogP contribution is -2.23. The van der Waals surface area contributed by atoms with E-state index < -0.39 is 5.25 Å². The molecule has 32 heavy (non-hydrogen) atoms. The summed E-state index contributed by atoms with van der Waals surface area (Å²) < 4.78 is 12.5. The number of ether oxygens (including phenoxy) is 2. The van der Waals surface area contributed by atoms with Gasteiger partial charge in [-0.3, -0.25) is 9.59 Å². The second-order valence-electron chi connectivity index (χ2n) is 7.05. The molecule has 166 valence electrons. The zero-order valence-corrected chi connectivity index (χ0v) is 18.5. The van der Waals surface area contributed by atoms with Crippen molar-refractivity contribution in [2.45, 2.75) is 37.2 Å². The Morgan fingerprint density at radius 2 is 1.84 bits per heavy atom. The van der Waals surface area contributed by atoms with Gasteiger partial charge in [-0.25, -0.2) is 0 Å². The molecular formula is C22H23N5O4S. The fraction of sp³-hybridized carbons (Fsp3) is 0.273. The number of para-hydroxylation sites is 1. The number of amides is 2. The SMILES string of the molecule is CCn1c(CC(=O)Nc2ccccc2)nnc1SC(C)C(=O)Nc1ccc2c(c1)OCO2. The van der Waals surface area contributed by atoms with Crippen molar-refractivity contribution in [3.63, 3.8) is 0 Å². The zero-order valence-electron chi connectivity index (χ0n) is 17.7. The van der Waals surface area contributed by atoms with Crippen LogP contribution >= 0.6 is 11.8 Å². The van der Waals surface area contributed by atoms with E-state index in [9.17, 15) is 9.59 Å². The summed E-state index contributed by atoms with van der Waals surface area (Å²) >= 11 is 1.29. The molecule has 2 amide bonds. The van der Waals surface area contributed by atoms with Crippen LogP contribution in [0.2, 0.25) is 0 Å². The molecule has 2 heterocycles. The maximum atomic E-state index is 12.7. The Labute approximate surface area is 189 Å². The van der Waals surface area contributed by atoms with Gasteiger partial charge in [0.15, 0.2) is 16.7 Å². The molecule has 1 aromatic heterocycles. The number of anilines is 2. The number of nitrogens with one attached hydrogen (secondary N) is 2. The van der Waals surface area contributed by atoms with Crippen LogP contribution in [0.15, 0.2) is 53.7 Å². The quantitative estimate of drug-likeness (QED) is 0.504. The molecular weight excluding hydrogens is 430 g/mol. The van der Waals surface area contributed by atoms with E-state index >= 15 is 0 Å². The van der Waals surface area contributed by atoms with Gasteiger partial charge in [-0.05, 0) is 38.1 Å². The number of hydrogen-bond acceptors (Lipinski definition) is 7. The predicted octanol–water partition coefficient (Wildman–Crippen LogP) is 3.33.